The summed E-state index contributed by atoms with van der Waals surface area (Å²) in [5.41, 5.74) is 2.82. The van der Waals surface area contributed by atoms with Crippen molar-refractivity contribution in [3.63, 3.8) is 0 Å². The second-order valence-electron chi connectivity index (χ2n) is 7.48. The molecule has 0 saturated carbocycles. The summed E-state index contributed by atoms with van der Waals surface area (Å²) in [6, 6.07) is 15.4. The first kappa shape index (κ1) is 20.4. The molecule has 7 heteroatoms. The predicted octanol–water partition coefficient (Wildman–Crippen LogP) is 4.32. The van der Waals surface area contributed by atoms with E-state index in [0.717, 1.165) is 43.1 Å². The van der Waals surface area contributed by atoms with Gasteiger partial charge in [-0.25, -0.2) is 4.98 Å². The van der Waals surface area contributed by atoms with Gasteiger partial charge in [-0.3, -0.25) is 4.79 Å². The van der Waals surface area contributed by atoms with Crippen LogP contribution in [0.1, 0.15) is 12.3 Å². The molecule has 0 aliphatic carbocycles. The number of amides is 1. The SMILES string of the molecule is CN1CCN(c2ccccc2NC(=O)CCc2ncc(-c3ccc(Cl)cc3)o2)CC1. The average molecular weight is 425 g/mol. The van der Waals surface area contributed by atoms with Crippen molar-refractivity contribution in [1.29, 1.82) is 0 Å². The maximum absolute atomic E-state index is 12.6. The van der Waals surface area contributed by atoms with Crippen molar-refractivity contribution in [3.8, 4) is 11.3 Å². The Bertz CT molecular complexity index is 994. The Morgan fingerprint density at radius 1 is 1.10 bits per heavy atom. The summed E-state index contributed by atoms with van der Waals surface area (Å²) in [7, 11) is 2.13. The molecular formula is C23H25ClN4O2. The number of para-hydroxylation sites is 2. The molecule has 2 heterocycles. The summed E-state index contributed by atoms with van der Waals surface area (Å²) in [6.07, 6.45) is 2.42. The Labute approximate surface area is 181 Å². The zero-order valence-electron chi connectivity index (χ0n) is 17.0. The third-order valence-electron chi connectivity index (χ3n) is 5.27. The topological polar surface area (TPSA) is 61.6 Å². The molecule has 2 aromatic carbocycles. The number of aromatic nitrogens is 1. The van der Waals surface area contributed by atoms with Crippen molar-refractivity contribution in [1.82, 2.24) is 9.88 Å². The molecule has 1 fully saturated rings. The lowest BCUT2D eigenvalue weighted by Gasteiger charge is -2.35. The molecule has 1 aliphatic heterocycles. The quantitative estimate of drug-likeness (QED) is 0.638. The van der Waals surface area contributed by atoms with E-state index >= 15 is 0 Å². The Kier molecular flexibility index (Phi) is 6.35. The van der Waals surface area contributed by atoms with Crippen molar-refractivity contribution in [2.75, 3.05) is 43.4 Å². The van der Waals surface area contributed by atoms with Crippen LogP contribution in [0.4, 0.5) is 11.4 Å². The monoisotopic (exact) mass is 424 g/mol. The van der Waals surface area contributed by atoms with Crippen LogP contribution >= 0.6 is 11.6 Å². The molecule has 1 aromatic heterocycles. The van der Waals surface area contributed by atoms with Gasteiger partial charge in [0.05, 0.1) is 17.6 Å². The number of carbonyl (C=O) groups is 1. The van der Waals surface area contributed by atoms with E-state index in [1.165, 1.54) is 0 Å². The standard InChI is InChI=1S/C23H25ClN4O2/c1-27-12-14-28(15-13-27)20-5-3-2-4-19(20)26-22(29)10-11-23-25-16-21(30-23)17-6-8-18(24)9-7-17/h2-9,16H,10-15H2,1H3,(H,26,29). The van der Waals surface area contributed by atoms with Gasteiger partial charge in [0.25, 0.3) is 0 Å². The minimum absolute atomic E-state index is 0.0529. The fraction of sp³-hybridized carbons (Fsp3) is 0.304. The van der Waals surface area contributed by atoms with Crippen molar-refractivity contribution < 1.29 is 9.21 Å². The van der Waals surface area contributed by atoms with Crippen molar-refractivity contribution in [2.24, 2.45) is 0 Å². The number of aryl methyl sites for hydroxylation is 1. The number of piperazine rings is 1. The van der Waals surface area contributed by atoms with Crippen LogP contribution in [0.5, 0.6) is 0 Å². The van der Waals surface area contributed by atoms with Gasteiger partial charge < -0.3 is 19.5 Å². The third kappa shape index (κ3) is 5.01. The Hall–Kier alpha value is -2.83. The Morgan fingerprint density at radius 3 is 2.60 bits per heavy atom. The first-order chi connectivity index (χ1) is 14.6. The van der Waals surface area contributed by atoms with E-state index in [1.54, 1.807) is 6.20 Å². The molecule has 1 saturated heterocycles. The molecule has 0 spiro atoms. The highest BCUT2D eigenvalue weighted by Crippen LogP contribution is 2.27. The molecule has 30 heavy (non-hydrogen) atoms. The van der Waals surface area contributed by atoms with Crippen molar-refractivity contribution >= 4 is 28.9 Å². The van der Waals surface area contributed by atoms with E-state index in [4.69, 9.17) is 16.0 Å². The smallest absolute Gasteiger partial charge is 0.224 e. The molecule has 1 aliphatic rings. The largest absolute Gasteiger partial charge is 0.441 e. The van der Waals surface area contributed by atoms with Crippen LogP contribution in [0.15, 0.2) is 59.1 Å². The minimum atomic E-state index is -0.0529. The van der Waals surface area contributed by atoms with Gasteiger partial charge in [-0.15, -0.1) is 0 Å². The van der Waals surface area contributed by atoms with E-state index in [9.17, 15) is 4.79 Å². The number of benzene rings is 2. The fourth-order valence-electron chi connectivity index (χ4n) is 3.51. The number of nitrogens with zero attached hydrogens (tertiary/aromatic N) is 3. The maximum Gasteiger partial charge on any atom is 0.224 e. The highest BCUT2D eigenvalue weighted by molar-refractivity contribution is 6.30. The first-order valence-corrected chi connectivity index (χ1v) is 10.5. The molecule has 6 nitrogen and oxygen atoms in total. The van der Waals surface area contributed by atoms with Gasteiger partial charge >= 0.3 is 0 Å². The van der Waals surface area contributed by atoms with E-state index in [0.29, 0.717) is 29.5 Å². The number of oxazole rings is 1. The molecule has 0 bridgehead atoms. The van der Waals surface area contributed by atoms with E-state index in [1.807, 2.05) is 42.5 Å². The lowest BCUT2D eigenvalue weighted by atomic mass is 10.2. The molecule has 0 atom stereocenters. The summed E-state index contributed by atoms with van der Waals surface area (Å²) < 4.78 is 5.79. The van der Waals surface area contributed by atoms with Crippen molar-refractivity contribution in [2.45, 2.75) is 12.8 Å². The molecule has 0 radical (unpaired) electrons. The normalized spacial score (nSPS) is 14.7. The van der Waals surface area contributed by atoms with Crippen LogP contribution in [0.3, 0.4) is 0 Å². The molecular weight excluding hydrogens is 400 g/mol. The lowest BCUT2D eigenvalue weighted by Crippen LogP contribution is -2.44. The summed E-state index contributed by atoms with van der Waals surface area (Å²) in [4.78, 5) is 21.5. The molecule has 0 unspecified atom stereocenters. The van der Waals surface area contributed by atoms with Gasteiger partial charge in [-0.1, -0.05) is 23.7 Å². The molecule has 1 N–H and O–H groups in total. The van der Waals surface area contributed by atoms with Crippen LogP contribution in [0.25, 0.3) is 11.3 Å². The predicted molar refractivity (Wildman–Crippen MR) is 120 cm³/mol. The Morgan fingerprint density at radius 2 is 1.83 bits per heavy atom. The van der Waals surface area contributed by atoms with Crippen LogP contribution < -0.4 is 10.2 Å². The first-order valence-electron chi connectivity index (χ1n) is 10.1. The molecule has 4 rings (SSSR count). The number of carbonyl (C=O) groups excluding carboxylic acids is 1. The summed E-state index contributed by atoms with van der Waals surface area (Å²) in [5, 5.41) is 3.73. The van der Waals surface area contributed by atoms with Gasteiger partial charge in [0, 0.05) is 49.6 Å². The summed E-state index contributed by atoms with van der Waals surface area (Å²) in [5.74, 6) is 1.16. The lowest BCUT2D eigenvalue weighted by molar-refractivity contribution is -0.116. The zero-order chi connectivity index (χ0) is 20.9. The number of hydrogen-bond donors (Lipinski definition) is 1. The Balaban J connectivity index is 1.35. The van der Waals surface area contributed by atoms with Crippen molar-refractivity contribution in [3.05, 3.63) is 65.6 Å². The molecule has 156 valence electrons. The van der Waals surface area contributed by atoms with E-state index in [2.05, 4.69) is 33.2 Å². The van der Waals surface area contributed by atoms with Gasteiger partial charge in [-0.2, -0.15) is 0 Å². The van der Waals surface area contributed by atoms with Crippen LogP contribution in [0.2, 0.25) is 5.02 Å². The maximum atomic E-state index is 12.6. The third-order valence-corrected chi connectivity index (χ3v) is 5.52. The van der Waals surface area contributed by atoms with Crippen LogP contribution in [-0.2, 0) is 11.2 Å². The number of anilines is 2. The summed E-state index contributed by atoms with van der Waals surface area (Å²) >= 11 is 5.93. The zero-order valence-corrected chi connectivity index (χ0v) is 17.7. The minimum Gasteiger partial charge on any atom is -0.441 e. The fourth-order valence-corrected chi connectivity index (χ4v) is 3.64. The number of hydrogen-bond acceptors (Lipinski definition) is 5. The average Bonchev–Trinajstić information content (AvgIpc) is 3.23. The van der Waals surface area contributed by atoms with Gasteiger partial charge in [0.2, 0.25) is 5.91 Å². The summed E-state index contributed by atoms with van der Waals surface area (Å²) in [6.45, 7) is 3.94. The highest BCUT2D eigenvalue weighted by atomic mass is 35.5. The van der Waals surface area contributed by atoms with Gasteiger partial charge in [0.1, 0.15) is 0 Å². The van der Waals surface area contributed by atoms with Gasteiger partial charge in [0.15, 0.2) is 11.7 Å². The van der Waals surface area contributed by atoms with E-state index in [-0.39, 0.29) is 5.91 Å². The van der Waals surface area contributed by atoms with E-state index < -0.39 is 0 Å². The second-order valence-corrected chi connectivity index (χ2v) is 7.92. The van der Waals surface area contributed by atoms with Crippen LogP contribution in [0, 0.1) is 0 Å². The highest BCUT2D eigenvalue weighted by Gasteiger charge is 2.18. The molecule has 3 aromatic rings. The van der Waals surface area contributed by atoms with Gasteiger partial charge in [-0.05, 0) is 43.4 Å². The number of rotatable bonds is 6. The number of likely N-dealkylation sites (N-methyl/N-ethyl adjacent to an activating group) is 1. The number of halogens is 1. The molecule has 1 amide bonds. The second kappa shape index (κ2) is 9.32. The number of nitrogens with one attached hydrogen (secondary N) is 1. The van der Waals surface area contributed by atoms with Crippen LogP contribution in [-0.4, -0.2) is 49.0 Å².